The Morgan fingerprint density at radius 1 is 1.24 bits per heavy atom. The first-order chi connectivity index (χ1) is 11.1. The van der Waals surface area contributed by atoms with Crippen LogP contribution in [0, 0.1) is 5.41 Å². The number of nitrogens with one attached hydrogen (secondary N) is 1. The lowest BCUT2D eigenvalue weighted by Crippen LogP contribution is -2.52. The minimum Gasteiger partial charge on any atom is -0.748 e. The number of carbonyl (C=O) groups excluding carboxylic acids is 2. The molecule has 0 aliphatic heterocycles. The molecule has 0 aromatic heterocycles. The number of hydrogen-bond acceptors (Lipinski definition) is 6. The van der Waals surface area contributed by atoms with Crippen LogP contribution >= 0.6 is 0 Å². The Balaban J connectivity index is 0. The summed E-state index contributed by atoms with van der Waals surface area (Å²) in [6.07, 6.45) is 0.638. The summed E-state index contributed by atoms with van der Waals surface area (Å²) in [4.78, 5) is 22.3. The number of rotatable bonds is 8. The average Bonchev–Trinajstić information content (AvgIpc) is 2.41. The number of quaternary nitrogens is 1. The summed E-state index contributed by atoms with van der Waals surface area (Å²) in [6, 6.07) is 0. The van der Waals surface area contributed by atoms with Gasteiger partial charge in [0.25, 0.3) is 0 Å². The van der Waals surface area contributed by atoms with E-state index in [2.05, 4.69) is 22.4 Å². The van der Waals surface area contributed by atoms with Crippen LogP contribution in [0.15, 0.2) is 12.2 Å². The van der Waals surface area contributed by atoms with Crippen molar-refractivity contribution in [3.8, 4) is 0 Å². The monoisotopic (exact) mass is 380 g/mol. The molecule has 0 fully saturated rings. The Bertz CT molecular complexity index is 567. The maximum Gasteiger partial charge on any atom is 0.333 e. The van der Waals surface area contributed by atoms with Crippen LogP contribution in [0.4, 0.5) is 0 Å². The number of carbonyl (C=O) groups is 2. The van der Waals surface area contributed by atoms with Gasteiger partial charge in [-0.05, 0) is 27.2 Å². The van der Waals surface area contributed by atoms with Crippen LogP contribution in [0.25, 0.3) is 0 Å². The predicted octanol–water partition coefficient (Wildman–Crippen LogP) is 0.210. The smallest absolute Gasteiger partial charge is 0.333 e. The molecule has 0 heterocycles. The van der Waals surface area contributed by atoms with Crippen molar-refractivity contribution in [2.45, 2.75) is 53.5 Å². The molecule has 4 N–H and O–H groups in total. The predicted molar refractivity (Wildman–Crippen MR) is 94.4 cm³/mol. The van der Waals surface area contributed by atoms with Gasteiger partial charge < -0.3 is 20.3 Å². The average molecular weight is 381 g/mol. The third kappa shape index (κ3) is 13.5. The number of esters is 1. The molecule has 0 aromatic carbocycles. The van der Waals surface area contributed by atoms with Crippen LogP contribution in [0.5, 0.6) is 0 Å². The Labute approximate surface area is 150 Å². The van der Waals surface area contributed by atoms with Gasteiger partial charge in [0.05, 0.1) is 15.9 Å². The van der Waals surface area contributed by atoms with E-state index in [0.717, 1.165) is 0 Å². The summed E-state index contributed by atoms with van der Waals surface area (Å²) >= 11 is 0. The van der Waals surface area contributed by atoms with Crippen molar-refractivity contribution in [1.82, 2.24) is 5.32 Å². The van der Waals surface area contributed by atoms with Crippen molar-refractivity contribution < 1.29 is 33.0 Å². The zero-order valence-electron chi connectivity index (χ0n) is 16.1. The Morgan fingerprint density at radius 2 is 1.72 bits per heavy atom. The van der Waals surface area contributed by atoms with Gasteiger partial charge in [0.2, 0.25) is 5.91 Å². The fourth-order valence-corrected chi connectivity index (χ4v) is 2.36. The van der Waals surface area contributed by atoms with Gasteiger partial charge in [-0.1, -0.05) is 27.4 Å². The van der Waals surface area contributed by atoms with Gasteiger partial charge >= 0.3 is 5.97 Å². The van der Waals surface area contributed by atoms with Crippen molar-refractivity contribution in [3.05, 3.63) is 12.2 Å². The molecule has 0 unspecified atom stereocenters. The summed E-state index contributed by atoms with van der Waals surface area (Å²) in [5, 5.41) is 2.59. The minimum absolute atomic E-state index is 0.247. The van der Waals surface area contributed by atoms with Gasteiger partial charge in [-0.3, -0.25) is 4.79 Å². The number of hydrogen-bond donors (Lipinski definition) is 2. The fourth-order valence-electron chi connectivity index (χ4n) is 1.40. The first kappa shape index (κ1) is 25.8. The molecule has 0 saturated heterocycles. The van der Waals surface area contributed by atoms with E-state index in [-0.39, 0.29) is 11.9 Å². The van der Waals surface area contributed by atoms with E-state index < -0.39 is 26.8 Å². The van der Waals surface area contributed by atoms with Gasteiger partial charge in [0.1, 0.15) is 13.2 Å². The highest BCUT2D eigenvalue weighted by molar-refractivity contribution is 7.85. The molecule has 8 nitrogen and oxygen atoms in total. The van der Waals surface area contributed by atoms with E-state index in [1.54, 1.807) is 20.8 Å². The Morgan fingerprint density at radius 3 is 2.04 bits per heavy atom. The molecule has 0 aromatic rings. The second-order valence-electron chi connectivity index (χ2n) is 7.05. The number of amides is 1. The summed E-state index contributed by atoms with van der Waals surface area (Å²) in [7, 11) is -4.34. The molecule has 0 atom stereocenters. The third-order valence-corrected chi connectivity index (χ3v) is 4.29. The van der Waals surface area contributed by atoms with Crippen LogP contribution in [-0.2, 0) is 24.4 Å². The summed E-state index contributed by atoms with van der Waals surface area (Å²) in [5.74, 6) is -1.19. The van der Waals surface area contributed by atoms with E-state index in [1.807, 2.05) is 6.92 Å². The number of ether oxygens (including phenoxy) is 1. The Kier molecular flexibility index (Phi) is 10.9. The minimum atomic E-state index is -4.34. The van der Waals surface area contributed by atoms with Gasteiger partial charge in [0, 0.05) is 16.5 Å². The van der Waals surface area contributed by atoms with Crippen molar-refractivity contribution in [1.29, 1.82) is 0 Å². The molecule has 0 bridgehead atoms. The van der Waals surface area contributed by atoms with E-state index in [9.17, 15) is 22.6 Å². The summed E-state index contributed by atoms with van der Waals surface area (Å²) < 4.78 is 36.6. The van der Waals surface area contributed by atoms with Crippen LogP contribution < -0.4 is 11.1 Å². The molecule has 148 valence electrons. The summed E-state index contributed by atoms with van der Waals surface area (Å²) in [6.45, 7) is 14.5. The van der Waals surface area contributed by atoms with E-state index >= 15 is 0 Å². The van der Waals surface area contributed by atoms with E-state index in [4.69, 9.17) is 0 Å². The van der Waals surface area contributed by atoms with Gasteiger partial charge in [-0.15, -0.1) is 0 Å². The molecular weight excluding hydrogens is 348 g/mol. The van der Waals surface area contributed by atoms with E-state index in [1.165, 1.54) is 13.8 Å². The molecule has 0 aliphatic carbocycles. The second-order valence-corrected chi connectivity index (χ2v) is 8.45. The molecule has 9 heteroatoms. The molecule has 1 amide bonds. The molecular formula is C16H32N2O6S. The lowest BCUT2D eigenvalue weighted by molar-refractivity contribution is -0.372. The van der Waals surface area contributed by atoms with Crippen molar-refractivity contribution >= 4 is 22.0 Å². The zero-order chi connectivity index (χ0) is 20.5. The first-order valence-electron chi connectivity index (χ1n) is 7.96. The highest BCUT2D eigenvalue weighted by atomic mass is 32.2. The Hall–Kier alpha value is -1.45. The van der Waals surface area contributed by atoms with Crippen molar-refractivity contribution in [2.24, 2.45) is 5.41 Å². The van der Waals surface area contributed by atoms with Crippen LogP contribution in [0.2, 0.25) is 0 Å². The van der Waals surface area contributed by atoms with Gasteiger partial charge in [0.15, 0.2) is 0 Å². The van der Waals surface area contributed by atoms with Crippen LogP contribution in [0.1, 0.15) is 48.0 Å². The fraction of sp³-hybridized carbons (Fsp3) is 0.750. The van der Waals surface area contributed by atoms with Gasteiger partial charge in [-0.25, -0.2) is 13.2 Å². The zero-order valence-corrected chi connectivity index (χ0v) is 16.9. The third-order valence-electron chi connectivity index (χ3n) is 3.21. The van der Waals surface area contributed by atoms with Gasteiger partial charge in [-0.2, -0.15) is 0 Å². The second kappa shape index (κ2) is 10.5. The molecule has 0 aliphatic rings. The maximum atomic E-state index is 11.8. The SMILES string of the molecule is C=C(C)C(=O)OCC[NH3+].CCC(C)(C)C(=O)NC(C)(C)CS(=O)(=O)[O-]. The molecule has 0 radical (unpaired) electrons. The molecule has 0 rings (SSSR count). The summed E-state index contributed by atoms with van der Waals surface area (Å²) in [5.41, 5.74) is 2.34. The quantitative estimate of drug-likeness (QED) is 0.350. The van der Waals surface area contributed by atoms with Crippen LogP contribution in [0.3, 0.4) is 0 Å². The van der Waals surface area contributed by atoms with Crippen LogP contribution in [-0.4, -0.2) is 49.3 Å². The lowest BCUT2D eigenvalue weighted by atomic mass is 9.88. The topological polar surface area (TPSA) is 140 Å². The van der Waals surface area contributed by atoms with Crippen molar-refractivity contribution in [2.75, 3.05) is 18.9 Å². The molecule has 25 heavy (non-hydrogen) atoms. The molecule has 0 saturated carbocycles. The highest BCUT2D eigenvalue weighted by Crippen LogP contribution is 2.21. The lowest BCUT2D eigenvalue weighted by Gasteiger charge is -2.32. The maximum absolute atomic E-state index is 11.8. The first-order valence-corrected chi connectivity index (χ1v) is 9.53. The standard InChI is InChI=1S/C10H21NO4S.C6H11NO2/c1-6-9(2,3)8(12)11-10(4,5)7-16(13,14)15;1-5(2)6(8)9-4-3-7/h6-7H2,1-5H3,(H,11,12)(H,13,14,15);1,3-4,7H2,2H3. The normalized spacial score (nSPS) is 11.8. The highest BCUT2D eigenvalue weighted by Gasteiger charge is 2.31. The largest absolute Gasteiger partial charge is 0.748 e. The molecule has 0 spiro atoms. The van der Waals surface area contributed by atoms with Crippen molar-refractivity contribution in [3.63, 3.8) is 0 Å². The van der Waals surface area contributed by atoms with E-state index in [0.29, 0.717) is 25.1 Å².